The van der Waals surface area contributed by atoms with Crippen molar-refractivity contribution in [3.05, 3.63) is 47.0 Å². The highest BCUT2D eigenvalue weighted by Gasteiger charge is 2.13. The average molecular weight is 334 g/mol. The summed E-state index contributed by atoms with van der Waals surface area (Å²) in [7, 11) is 1.57. The molecule has 23 heavy (non-hydrogen) atoms. The van der Waals surface area contributed by atoms with Crippen molar-refractivity contribution in [1.82, 2.24) is 0 Å². The van der Waals surface area contributed by atoms with Crippen LogP contribution in [0.2, 0.25) is 5.02 Å². The van der Waals surface area contributed by atoms with E-state index in [0.29, 0.717) is 22.2 Å². The smallest absolute Gasteiger partial charge is 0.180 e. The second kappa shape index (κ2) is 7.88. The number of phenols is 1. The Bertz CT molecular complexity index is 701. The molecule has 0 amide bonds. The Kier molecular flexibility index (Phi) is 5.88. The largest absolute Gasteiger partial charge is 0.508 e. The number of aliphatic imine (C=N–C) groups is 1. The number of benzene rings is 2. The molecule has 0 spiro atoms. The van der Waals surface area contributed by atoms with E-state index in [1.807, 2.05) is 19.9 Å². The number of hydrogen-bond acceptors (Lipinski definition) is 4. The SMILES string of the molecule is CC[C@H](C)Oc1c(Cl)cc(C=Nc2cccc(O)c2)cc1OC. The van der Waals surface area contributed by atoms with Crippen molar-refractivity contribution in [2.75, 3.05) is 7.11 Å². The lowest BCUT2D eigenvalue weighted by atomic mass is 10.2. The van der Waals surface area contributed by atoms with Gasteiger partial charge >= 0.3 is 0 Å². The minimum atomic E-state index is 0.0493. The van der Waals surface area contributed by atoms with Gasteiger partial charge in [0.2, 0.25) is 0 Å². The summed E-state index contributed by atoms with van der Waals surface area (Å²) in [5.41, 5.74) is 1.44. The molecule has 0 aromatic heterocycles. The van der Waals surface area contributed by atoms with Gasteiger partial charge in [-0.3, -0.25) is 4.99 Å². The van der Waals surface area contributed by atoms with Gasteiger partial charge in [-0.15, -0.1) is 0 Å². The molecule has 0 radical (unpaired) electrons. The van der Waals surface area contributed by atoms with Crippen molar-refractivity contribution in [3.63, 3.8) is 0 Å². The molecule has 0 saturated heterocycles. The van der Waals surface area contributed by atoms with Crippen molar-refractivity contribution in [1.29, 1.82) is 0 Å². The molecule has 1 N–H and O–H groups in total. The highest BCUT2D eigenvalue weighted by Crippen LogP contribution is 2.37. The van der Waals surface area contributed by atoms with E-state index < -0.39 is 0 Å². The van der Waals surface area contributed by atoms with Gasteiger partial charge in [-0.1, -0.05) is 24.6 Å². The van der Waals surface area contributed by atoms with Crippen LogP contribution in [0, 0.1) is 0 Å². The molecule has 4 nitrogen and oxygen atoms in total. The van der Waals surface area contributed by atoms with Gasteiger partial charge in [0.1, 0.15) is 5.75 Å². The first-order valence-electron chi connectivity index (χ1n) is 7.40. The van der Waals surface area contributed by atoms with Gasteiger partial charge in [-0.05, 0) is 43.2 Å². The predicted molar refractivity (Wildman–Crippen MR) is 93.7 cm³/mol. The molecule has 0 unspecified atom stereocenters. The average Bonchev–Trinajstić information content (AvgIpc) is 2.54. The molecule has 0 saturated carbocycles. The van der Waals surface area contributed by atoms with Crippen LogP contribution in [-0.2, 0) is 0 Å². The quantitative estimate of drug-likeness (QED) is 0.758. The van der Waals surface area contributed by atoms with Crippen LogP contribution in [0.25, 0.3) is 0 Å². The molecule has 0 bridgehead atoms. The highest BCUT2D eigenvalue weighted by atomic mass is 35.5. The number of nitrogens with zero attached hydrogens (tertiary/aromatic N) is 1. The van der Waals surface area contributed by atoms with Gasteiger partial charge in [-0.25, -0.2) is 0 Å². The van der Waals surface area contributed by atoms with Gasteiger partial charge < -0.3 is 14.6 Å². The normalized spacial score (nSPS) is 12.3. The second-order valence-electron chi connectivity index (χ2n) is 5.15. The Hall–Kier alpha value is -2.20. The zero-order valence-corrected chi connectivity index (χ0v) is 14.2. The maximum absolute atomic E-state index is 9.45. The monoisotopic (exact) mass is 333 g/mol. The maximum atomic E-state index is 9.45. The lowest BCUT2D eigenvalue weighted by Crippen LogP contribution is -2.11. The summed E-state index contributed by atoms with van der Waals surface area (Å²) >= 11 is 6.31. The molecule has 2 rings (SSSR count). The first-order valence-corrected chi connectivity index (χ1v) is 7.78. The van der Waals surface area contributed by atoms with E-state index in [0.717, 1.165) is 12.0 Å². The van der Waals surface area contributed by atoms with Crippen LogP contribution in [0.1, 0.15) is 25.8 Å². The fourth-order valence-electron chi connectivity index (χ4n) is 1.94. The van der Waals surface area contributed by atoms with E-state index in [9.17, 15) is 5.11 Å². The summed E-state index contributed by atoms with van der Waals surface area (Å²) in [5, 5.41) is 9.92. The number of hydrogen-bond donors (Lipinski definition) is 1. The molecule has 122 valence electrons. The molecule has 2 aromatic rings. The number of rotatable bonds is 6. The Labute approximate surface area is 141 Å². The van der Waals surface area contributed by atoms with Crippen molar-refractivity contribution in [3.8, 4) is 17.2 Å². The van der Waals surface area contributed by atoms with Crippen molar-refractivity contribution >= 4 is 23.5 Å². The zero-order chi connectivity index (χ0) is 16.8. The topological polar surface area (TPSA) is 51.0 Å². The Morgan fingerprint density at radius 1 is 1.30 bits per heavy atom. The van der Waals surface area contributed by atoms with E-state index in [4.69, 9.17) is 21.1 Å². The third-order valence-corrected chi connectivity index (χ3v) is 3.62. The summed E-state index contributed by atoms with van der Waals surface area (Å²) in [4.78, 5) is 4.32. The molecule has 0 fully saturated rings. The first-order chi connectivity index (χ1) is 11.0. The van der Waals surface area contributed by atoms with Crippen molar-refractivity contribution < 1.29 is 14.6 Å². The van der Waals surface area contributed by atoms with Crippen molar-refractivity contribution in [2.45, 2.75) is 26.4 Å². The van der Waals surface area contributed by atoms with Gasteiger partial charge in [0, 0.05) is 12.3 Å². The van der Waals surface area contributed by atoms with E-state index in [-0.39, 0.29) is 11.9 Å². The van der Waals surface area contributed by atoms with Gasteiger partial charge in [0.25, 0.3) is 0 Å². The van der Waals surface area contributed by atoms with Crippen LogP contribution in [0.5, 0.6) is 17.2 Å². The summed E-state index contributed by atoms with van der Waals surface area (Å²) in [6, 6.07) is 10.3. The van der Waals surface area contributed by atoms with Gasteiger partial charge in [0.05, 0.1) is 23.9 Å². The standard InChI is InChI=1S/C18H20ClNO3/c1-4-12(2)23-18-16(19)8-13(9-17(18)22-3)11-20-14-6-5-7-15(21)10-14/h5-12,21H,4H2,1-3H3/t12-/m0/s1. The number of methoxy groups -OCH3 is 1. The number of aromatic hydroxyl groups is 1. The minimum Gasteiger partial charge on any atom is -0.508 e. The van der Waals surface area contributed by atoms with Crippen LogP contribution >= 0.6 is 11.6 Å². The second-order valence-corrected chi connectivity index (χ2v) is 5.56. The van der Waals surface area contributed by atoms with Gasteiger partial charge in [0.15, 0.2) is 11.5 Å². The third kappa shape index (κ3) is 4.63. The van der Waals surface area contributed by atoms with Crippen LogP contribution in [0.3, 0.4) is 0 Å². The Morgan fingerprint density at radius 2 is 2.09 bits per heavy atom. The Morgan fingerprint density at radius 3 is 2.74 bits per heavy atom. The van der Waals surface area contributed by atoms with Crippen LogP contribution in [0.4, 0.5) is 5.69 Å². The fraction of sp³-hybridized carbons (Fsp3) is 0.278. The van der Waals surface area contributed by atoms with E-state index in [1.165, 1.54) is 0 Å². The Balaban J connectivity index is 2.28. The number of halogens is 1. The lowest BCUT2D eigenvalue weighted by molar-refractivity contribution is 0.208. The van der Waals surface area contributed by atoms with Crippen LogP contribution in [0.15, 0.2) is 41.4 Å². The van der Waals surface area contributed by atoms with Crippen LogP contribution in [-0.4, -0.2) is 24.5 Å². The van der Waals surface area contributed by atoms with Crippen LogP contribution < -0.4 is 9.47 Å². The van der Waals surface area contributed by atoms with Gasteiger partial charge in [-0.2, -0.15) is 0 Å². The van der Waals surface area contributed by atoms with E-state index in [2.05, 4.69) is 4.99 Å². The number of phenolic OH excluding ortho intramolecular Hbond substituents is 1. The molecule has 0 aliphatic carbocycles. The zero-order valence-electron chi connectivity index (χ0n) is 13.4. The summed E-state index contributed by atoms with van der Waals surface area (Å²) in [6.45, 7) is 4.02. The molecule has 5 heteroatoms. The summed E-state index contributed by atoms with van der Waals surface area (Å²) in [5.74, 6) is 1.28. The predicted octanol–water partition coefficient (Wildman–Crippen LogP) is 4.98. The fourth-order valence-corrected chi connectivity index (χ4v) is 2.20. The van der Waals surface area contributed by atoms with E-state index in [1.54, 1.807) is 43.7 Å². The summed E-state index contributed by atoms with van der Waals surface area (Å²) < 4.78 is 11.2. The molecule has 1 atom stereocenters. The molecular weight excluding hydrogens is 314 g/mol. The van der Waals surface area contributed by atoms with Crippen molar-refractivity contribution in [2.24, 2.45) is 4.99 Å². The highest BCUT2D eigenvalue weighted by molar-refractivity contribution is 6.32. The maximum Gasteiger partial charge on any atom is 0.180 e. The minimum absolute atomic E-state index is 0.0493. The number of ether oxygens (including phenoxy) is 2. The first kappa shape index (κ1) is 17.2. The molecule has 0 aliphatic heterocycles. The van der Waals surface area contributed by atoms with E-state index >= 15 is 0 Å². The molecule has 0 aliphatic rings. The lowest BCUT2D eigenvalue weighted by Gasteiger charge is -2.17. The summed E-state index contributed by atoms with van der Waals surface area (Å²) in [6.07, 6.45) is 2.59. The molecule has 2 aromatic carbocycles. The molecular formula is C18H20ClNO3. The molecule has 0 heterocycles. The third-order valence-electron chi connectivity index (χ3n) is 3.34.